The molecule has 0 saturated heterocycles. The Kier molecular flexibility index (Phi) is 4.77. The average Bonchev–Trinajstić information content (AvgIpc) is 2.26. The lowest BCUT2D eigenvalue weighted by molar-refractivity contribution is -0.141. The van der Waals surface area contributed by atoms with Crippen molar-refractivity contribution in [3.05, 3.63) is 29.6 Å². The van der Waals surface area contributed by atoms with Crippen molar-refractivity contribution in [1.82, 2.24) is 4.31 Å². The van der Waals surface area contributed by atoms with E-state index in [9.17, 15) is 26.4 Å². The van der Waals surface area contributed by atoms with Crippen LogP contribution in [0.1, 0.15) is 6.92 Å². The van der Waals surface area contributed by atoms with Gasteiger partial charge in [0.15, 0.2) is 4.90 Å². The standard InChI is InChI=1S/C11H12F3NO4S/c1-6(11(16)17)5-15(2)20(18,19)10-8(13)3-7(12)4-9(10)14/h3-4,6H,5H2,1-2H3,(H,16,17). The van der Waals surface area contributed by atoms with Crippen LogP contribution in [0, 0.1) is 23.4 Å². The number of halogens is 3. The molecule has 0 aliphatic heterocycles. The number of carboxylic acids is 1. The molecule has 0 aliphatic carbocycles. The highest BCUT2D eigenvalue weighted by atomic mass is 32.2. The lowest BCUT2D eigenvalue weighted by atomic mass is 10.2. The van der Waals surface area contributed by atoms with E-state index in [4.69, 9.17) is 5.11 Å². The van der Waals surface area contributed by atoms with E-state index in [-0.39, 0.29) is 12.1 Å². The third kappa shape index (κ3) is 3.28. The van der Waals surface area contributed by atoms with Gasteiger partial charge in [-0.1, -0.05) is 6.92 Å². The van der Waals surface area contributed by atoms with Crippen molar-refractivity contribution in [1.29, 1.82) is 0 Å². The number of aliphatic carboxylic acids is 1. The van der Waals surface area contributed by atoms with Crippen LogP contribution in [0.4, 0.5) is 13.2 Å². The SMILES string of the molecule is CC(CN(C)S(=O)(=O)c1c(F)cc(F)cc1F)C(=O)O. The van der Waals surface area contributed by atoms with E-state index >= 15 is 0 Å². The molecule has 9 heteroatoms. The third-order valence-corrected chi connectivity index (χ3v) is 4.46. The molecule has 112 valence electrons. The Hall–Kier alpha value is -1.61. The van der Waals surface area contributed by atoms with Crippen LogP contribution in [-0.2, 0) is 14.8 Å². The van der Waals surface area contributed by atoms with Crippen molar-refractivity contribution in [2.24, 2.45) is 5.92 Å². The van der Waals surface area contributed by atoms with Crippen molar-refractivity contribution in [2.75, 3.05) is 13.6 Å². The summed E-state index contributed by atoms with van der Waals surface area (Å²) in [6.07, 6.45) is 0. The zero-order valence-electron chi connectivity index (χ0n) is 10.6. The van der Waals surface area contributed by atoms with Gasteiger partial charge in [0, 0.05) is 25.7 Å². The van der Waals surface area contributed by atoms with Gasteiger partial charge in [-0.3, -0.25) is 4.79 Å². The van der Waals surface area contributed by atoms with E-state index in [1.165, 1.54) is 6.92 Å². The highest BCUT2D eigenvalue weighted by Crippen LogP contribution is 2.23. The minimum atomic E-state index is -4.59. The van der Waals surface area contributed by atoms with Crippen molar-refractivity contribution >= 4 is 16.0 Å². The van der Waals surface area contributed by atoms with Gasteiger partial charge in [-0.25, -0.2) is 21.6 Å². The molecule has 0 aliphatic rings. The summed E-state index contributed by atoms with van der Waals surface area (Å²) in [7, 11) is -3.61. The molecule has 20 heavy (non-hydrogen) atoms. The lowest BCUT2D eigenvalue weighted by Gasteiger charge is -2.19. The zero-order valence-corrected chi connectivity index (χ0v) is 11.4. The van der Waals surface area contributed by atoms with Crippen molar-refractivity contribution in [3.8, 4) is 0 Å². The normalized spacial score (nSPS) is 13.5. The second kappa shape index (κ2) is 5.80. The maximum atomic E-state index is 13.5. The summed E-state index contributed by atoms with van der Waals surface area (Å²) in [6.45, 7) is 0.764. The molecule has 0 fully saturated rings. The fraction of sp³-hybridized carbons (Fsp3) is 0.364. The number of benzene rings is 1. The topological polar surface area (TPSA) is 74.7 Å². The summed E-state index contributed by atoms with van der Waals surface area (Å²) in [5, 5.41) is 8.69. The van der Waals surface area contributed by atoms with Gasteiger partial charge in [-0.15, -0.1) is 0 Å². The van der Waals surface area contributed by atoms with Gasteiger partial charge in [0.05, 0.1) is 5.92 Å². The molecule has 0 saturated carbocycles. The van der Waals surface area contributed by atoms with Crippen molar-refractivity contribution in [3.63, 3.8) is 0 Å². The molecule has 1 aromatic rings. The summed E-state index contributed by atoms with van der Waals surface area (Å²) in [5.41, 5.74) is 0. The van der Waals surface area contributed by atoms with Crippen molar-refractivity contribution in [2.45, 2.75) is 11.8 Å². The van der Waals surface area contributed by atoms with Crippen LogP contribution in [0.25, 0.3) is 0 Å². The summed E-state index contributed by atoms with van der Waals surface area (Å²) in [6, 6.07) is 0.481. The highest BCUT2D eigenvalue weighted by molar-refractivity contribution is 7.89. The van der Waals surface area contributed by atoms with Crippen LogP contribution in [0.5, 0.6) is 0 Å². The van der Waals surface area contributed by atoms with Gasteiger partial charge in [0.2, 0.25) is 10.0 Å². The predicted molar refractivity (Wildman–Crippen MR) is 62.9 cm³/mol. The molecule has 1 atom stereocenters. The van der Waals surface area contributed by atoms with Gasteiger partial charge in [-0.05, 0) is 0 Å². The monoisotopic (exact) mass is 311 g/mol. The van der Waals surface area contributed by atoms with Gasteiger partial charge in [0.25, 0.3) is 0 Å². The molecule has 1 rings (SSSR count). The Morgan fingerprint density at radius 3 is 2.15 bits per heavy atom. The fourth-order valence-electron chi connectivity index (χ4n) is 1.49. The molecule has 0 radical (unpaired) electrons. The molecule has 0 bridgehead atoms. The maximum absolute atomic E-state index is 13.5. The van der Waals surface area contributed by atoms with Gasteiger partial charge >= 0.3 is 5.97 Å². The molecule has 0 heterocycles. The first kappa shape index (κ1) is 16.4. The fourth-order valence-corrected chi connectivity index (χ4v) is 2.84. The maximum Gasteiger partial charge on any atom is 0.307 e. The van der Waals surface area contributed by atoms with Gasteiger partial charge in [0.1, 0.15) is 17.5 Å². The second-order valence-corrected chi connectivity index (χ2v) is 6.21. The number of sulfonamides is 1. The summed E-state index contributed by atoms with van der Waals surface area (Å²) in [4.78, 5) is 9.35. The predicted octanol–water partition coefficient (Wildman–Crippen LogP) is 1.45. The molecule has 1 N–H and O–H groups in total. The van der Waals surface area contributed by atoms with E-state index in [1.807, 2.05) is 0 Å². The molecular weight excluding hydrogens is 299 g/mol. The number of hydrogen-bond acceptors (Lipinski definition) is 3. The smallest absolute Gasteiger partial charge is 0.307 e. The van der Waals surface area contributed by atoms with Crippen LogP contribution in [0.15, 0.2) is 17.0 Å². The summed E-state index contributed by atoms with van der Waals surface area (Å²) >= 11 is 0. The van der Waals surface area contributed by atoms with Crippen LogP contribution in [0.2, 0.25) is 0 Å². The molecular formula is C11H12F3NO4S. The van der Waals surface area contributed by atoms with E-state index < -0.39 is 50.8 Å². The molecule has 1 unspecified atom stereocenters. The Morgan fingerprint density at radius 1 is 1.30 bits per heavy atom. The first-order valence-corrected chi connectivity index (χ1v) is 6.85. The average molecular weight is 311 g/mol. The highest BCUT2D eigenvalue weighted by Gasteiger charge is 2.31. The molecule has 0 spiro atoms. The van der Waals surface area contributed by atoms with Crippen molar-refractivity contribution < 1.29 is 31.5 Å². The number of nitrogens with zero attached hydrogens (tertiary/aromatic N) is 1. The first-order chi connectivity index (χ1) is 9.07. The zero-order chi connectivity index (χ0) is 15.7. The lowest BCUT2D eigenvalue weighted by Crippen LogP contribution is -2.34. The van der Waals surface area contributed by atoms with E-state index in [2.05, 4.69) is 0 Å². The van der Waals surface area contributed by atoms with Gasteiger partial charge < -0.3 is 5.11 Å². The molecule has 1 aromatic carbocycles. The van der Waals surface area contributed by atoms with Crippen LogP contribution in [-0.4, -0.2) is 37.4 Å². The number of hydrogen-bond donors (Lipinski definition) is 1. The minimum absolute atomic E-state index is 0.241. The largest absolute Gasteiger partial charge is 0.481 e. The molecule has 0 amide bonds. The Labute approximate surface area is 113 Å². The van der Waals surface area contributed by atoms with Gasteiger partial charge in [-0.2, -0.15) is 4.31 Å². The van der Waals surface area contributed by atoms with E-state index in [1.54, 1.807) is 0 Å². The Balaban J connectivity index is 3.21. The minimum Gasteiger partial charge on any atom is -0.481 e. The van der Waals surface area contributed by atoms with E-state index in [0.717, 1.165) is 7.05 Å². The van der Waals surface area contributed by atoms with Crippen LogP contribution in [0.3, 0.4) is 0 Å². The molecule has 0 aromatic heterocycles. The number of rotatable bonds is 5. The summed E-state index contributed by atoms with van der Waals surface area (Å²) in [5.74, 6) is -6.72. The third-order valence-electron chi connectivity index (χ3n) is 2.58. The Morgan fingerprint density at radius 2 is 1.75 bits per heavy atom. The van der Waals surface area contributed by atoms with Crippen LogP contribution >= 0.6 is 0 Å². The van der Waals surface area contributed by atoms with E-state index in [0.29, 0.717) is 4.31 Å². The molecule has 5 nitrogen and oxygen atoms in total. The second-order valence-electron chi connectivity index (χ2n) is 4.22. The quantitative estimate of drug-likeness (QED) is 0.893. The van der Waals surface area contributed by atoms with Crippen LogP contribution < -0.4 is 0 Å². The first-order valence-electron chi connectivity index (χ1n) is 5.41. The Bertz CT molecular complexity index is 610. The number of carbonyl (C=O) groups is 1. The summed E-state index contributed by atoms with van der Waals surface area (Å²) < 4.78 is 64.1. The number of carboxylic acid groups (broad SMARTS) is 1.